The number of amides is 4. The molecule has 0 saturated carbocycles. The summed E-state index contributed by atoms with van der Waals surface area (Å²) in [5.41, 5.74) is 0.831. The van der Waals surface area contributed by atoms with Crippen LogP contribution in [0.2, 0.25) is 0 Å². The van der Waals surface area contributed by atoms with Gasteiger partial charge in [0.15, 0.2) is 0 Å². The number of hydrogen-bond donors (Lipinski definition) is 2. The molecule has 0 bridgehead atoms. The first-order chi connectivity index (χ1) is 12.0. The molecule has 1 aliphatic rings. The number of carbonyl (C=O) groups excluding carboxylic acids is 4. The molecule has 1 heterocycles. The van der Waals surface area contributed by atoms with E-state index in [0.29, 0.717) is 0 Å². The number of nitrogens with zero attached hydrogens (tertiary/aromatic N) is 1. The molecule has 4 amide bonds. The summed E-state index contributed by atoms with van der Waals surface area (Å²) in [5, 5.41) is 5.13. The lowest BCUT2D eigenvalue weighted by molar-refractivity contribution is -0.139. The normalized spacial score (nSPS) is 16.8. The summed E-state index contributed by atoms with van der Waals surface area (Å²) < 4.78 is 0. The van der Waals surface area contributed by atoms with Crippen LogP contribution < -0.4 is 10.6 Å². The van der Waals surface area contributed by atoms with Crippen LogP contribution in [0.3, 0.4) is 0 Å². The second-order valence-corrected chi connectivity index (χ2v) is 6.55. The van der Waals surface area contributed by atoms with Crippen molar-refractivity contribution in [3.05, 3.63) is 35.9 Å². The van der Waals surface area contributed by atoms with E-state index in [0.717, 1.165) is 5.56 Å². The minimum atomic E-state index is -0.437. The van der Waals surface area contributed by atoms with Crippen molar-refractivity contribution >= 4 is 35.4 Å². The summed E-state index contributed by atoms with van der Waals surface area (Å²) >= 11 is 1.20. The number of benzene rings is 1. The summed E-state index contributed by atoms with van der Waals surface area (Å²) in [7, 11) is 1.54. The molecular formula is C17H21N3O4S. The molecule has 1 aromatic carbocycles. The molecule has 2 N–H and O–H groups in total. The monoisotopic (exact) mass is 363 g/mol. The highest BCUT2D eigenvalue weighted by Crippen LogP contribution is 2.28. The highest BCUT2D eigenvalue weighted by atomic mass is 32.2. The van der Waals surface area contributed by atoms with Gasteiger partial charge in [-0.1, -0.05) is 30.3 Å². The molecule has 0 aromatic heterocycles. The number of imide groups is 1. The maximum atomic E-state index is 12.4. The third kappa shape index (κ3) is 5.32. The fourth-order valence-electron chi connectivity index (χ4n) is 2.53. The number of rotatable bonds is 8. The first-order valence-corrected chi connectivity index (χ1v) is 9.12. The van der Waals surface area contributed by atoms with Crippen LogP contribution in [0.15, 0.2) is 30.3 Å². The van der Waals surface area contributed by atoms with E-state index in [1.165, 1.54) is 23.7 Å². The first kappa shape index (κ1) is 19.0. The van der Waals surface area contributed by atoms with E-state index >= 15 is 0 Å². The lowest BCUT2D eigenvalue weighted by Gasteiger charge is -2.15. The highest BCUT2D eigenvalue weighted by molar-refractivity contribution is 8.00. The van der Waals surface area contributed by atoms with Gasteiger partial charge in [0, 0.05) is 26.6 Å². The third-order valence-corrected chi connectivity index (χ3v) is 4.78. The Labute approximate surface area is 150 Å². The van der Waals surface area contributed by atoms with Crippen LogP contribution in [0.1, 0.15) is 17.9 Å². The van der Waals surface area contributed by atoms with Gasteiger partial charge in [-0.3, -0.25) is 24.1 Å². The fourth-order valence-corrected chi connectivity index (χ4v) is 3.25. The van der Waals surface area contributed by atoms with E-state index in [-0.39, 0.29) is 54.6 Å². The van der Waals surface area contributed by atoms with Crippen molar-refractivity contribution in [2.45, 2.75) is 12.3 Å². The molecule has 1 aromatic rings. The van der Waals surface area contributed by atoms with Crippen molar-refractivity contribution in [1.29, 1.82) is 0 Å². The maximum Gasteiger partial charge on any atom is 0.237 e. The van der Waals surface area contributed by atoms with Gasteiger partial charge in [0.1, 0.15) is 0 Å². The van der Waals surface area contributed by atoms with Crippen molar-refractivity contribution in [2.75, 3.05) is 31.6 Å². The van der Waals surface area contributed by atoms with Crippen LogP contribution in [0.5, 0.6) is 0 Å². The lowest BCUT2D eigenvalue weighted by Crippen LogP contribution is -2.39. The Balaban J connectivity index is 1.75. The Bertz CT molecular complexity index is 651. The zero-order chi connectivity index (χ0) is 18.2. The van der Waals surface area contributed by atoms with Gasteiger partial charge >= 0.3 is 0 Å². The van der Waals surface area contributed by atoms with Crippen molar-refractivity contribution in [2.24, 2.45) is 0 Å². The molecule has 1 aliphatic heterocycles. The largest absolute Gasteiger partial charge is 0.358 e. The van der Waals surface area contributed by atoms with Crippen molar-refractivity contribution in [3.8, 4) is 0 Å². The van der Waals surface area contributed by atoms with E-state index < -0.39 is 5.92 Å². The summed E-state index contributed by atoms with van der Waals surface area (Å²) in [4.78, 5) is 48.4. The Hall–Kier alpha value is -2.35. The van der Waals surface area contributed by atoms with Crippen LogP contribution in [0.25, 0.3) is 0 Å². The number of likely N-dealkylation sites (tertiary alicyclic amines) is 1. The number of carbonyl (C=O) groups is 4. The lowest BCUT2D eigenvalue weighted by atomic mass is 9.98. The first-order valence-electron chi connectivity index (χ1n) is 7.97. The van der Waals surface area contributed by atoms with E-state index in [2.05, 4.69) is 10.6 Å². The Morgan fingerprint density at radius 3 is 2.52 bits per heavy atom. The molecular weight excluding hydrogens is 342 g/mol. The number of nitrogens with one attached hydrogen (secondary N) is 2. The van der Waals surface area contributed by atoms with Gasteiger partial charge in [-0.15, -0.1) is 11.8 Å². The van der Waals surface area contributed by atoms with E-state index in [1.807, 2.05) is 30.3 Å². The SMILES string of the molecule is CNC(=O)CSCC(=O)NCCN1C(=O)CC(c2ccccc2)C1=O. The van der Waals surface area contributed by atoms with Crippen molar-refractivity contribution in [1.82, 2.24) is 15.5 Å². The quantitative estimate of drug-likeness (QED) is 0.640. The zero-order valence-corrected chi connectivity index (χ0v) is 14.8. The molecule has 25 heavy (non-hydrogen) atoms. The molecule has 0 radical (unpaired) electrons. The Morgan fingerprint density at radius 2 is 1.84 bits per heavy atom. The van der Waals surface area contributed by atoms with Gasteiger partial charge in [0.25, 0.3) is 0 Å². The molecule has 2 rings (SSSR count). The average Bonchev–Trinajstić information content (AvgIpc) is 2.90. The predicted molar refractivity (Wildman–Crippen MR) is 94.9 cm³/mol. The summed E-state index contributed by atoms with van der Waals surface area (Å²) in [5.74, 6) is -0.882. The van der Waals surface area contributed by atoms with Crippen LogP contribution in [0, 0.1) is 0 Å². The molecule has 1 atom stereocenters. The molecule has 7 nitrogen and oxygen atoms in total. The van der Waals surface area contributed by atoms with E-state index in [9.17, 15) is 19.2 Å². The third-order valence-electron chi connectivity index (χ3n) is 3.85. The molecule has 1 unspecified atom stereocenters. The molecule has 1 fully saturated rings. The molecule has 1 saturated heterocycles. The van der Waals surface area contributed by atoms with E-state index in [1.54, 1.807) is 0 Å². The second kappa shape index (κ2) is 9.22. The minimum absolute atomic E-state index is 0.141. The summed E-state index contributed by atoms with van der Waals surface area (Å²) in [6, 6.07) is 9.22. The van der Waals surface area contributed by atoms with Gasteiger partial charge in [0.05, 0.1) is 17.4 Å². The van der Waals surface area contributed by atoms with Crippen LogP contribution >= 0.6 is 11.8 Å². The molecule has 8 heteroatoms. The van der Waals surface area contributed by atoms with Gasteiger partial charge in [-0.25, -0.2) is 0 Å². The molecule has 134 valence electrons. The van der Waals surface area contributed by atoms with Crippen LogP contribution in [-0.2, 0) is 19.2 Å². The second-order valence-electron chi connectivity index (χ2n) is 5.57. The van der Waals surface area contributed by atoms with Gasteiger partial charge in [-0.05, 0) is 5.56 Å². The van der Waals surface area contributed by atoms with Crippen LogP contribution in [-0.4, -0.2) is 60.2 Å². The van der Waals surface area contributed by atoms with Gasteiger partial charge in [0.2, 0.25) is 23.6 Å². The van der Waals surface area contributed by atoms with Gasteiger partial charge in [-0.2, -0.15) is 0 Å². The number of hydrogen-bond acceptors (Lipinski definition) is 5. The van der Waals surface area contributed by atoms with E-state index in [4.69, 9.17) is 0 Å². The van der Waals surface area contributed by atoms with Crippen molar-refractivity contribution in [3.63, 3.8) is 0 Å². The topological polar surface area (TPSA) is 95.6 Å². The summed E-state index contributed by atoms with van der Waals surface area (Å²) in [6.07, 6.45) is 0.165. The Kier molecular flexibility index (Phi) is 7.00. The predicted octanol–water partition coefficient (Wildman–Crippen LogP) is 0.125. The minimum Gasteiger partial charge on any atom is -0.358 e. The zero-order valence-electron chi connectivity index (χ0n) is 14.0. The molecule has 0 aliphatic carbocycles. The van der Waals surface area contributed by atoms with Crippen molar-refractivity contribution < 1.29 is 19.2 Å². The average molecular weight is 363 g/mol. The molecule has 0 spiro atoms. The highest BCUT2D eigenvalue weighted by Gasteiger charge is 2.38. The summed E-state index contributed by atoms with van der Waals surface area (Å²) in [6.45, 7) is 0.366. The smallest absolute Gasteiger partial charge is 0.237 e. The fraction of sp³-hybridized carbons (Fsp3) is 0.412. The van der Waals surface area contributed by atoms with Gasteiger partial charge < -0.3 is 10.6 Å². The standard InChI is InChI=1S/C17H21N3O4S/c1-18-14(21)10-25-11-15(22)19-7-8-20-16(23)9-13(17(20)24)12-5-3-2-4-6-12/h2-6,13H,7-11H2,1H3,(H,18,21)(H,19,22). The Morgan fingerprint density at radius 1 is 1.16 bits per heavy atom. The number of thioether (sulfide) groups is 1. The maximum absolute atomic E-state index is 12.4. The van der Waals surface area contributed by atoms with Crippen LogP contribution in [0.4, 0.5) is 0 Å².